The molecule has 0 spiro atoms. The first-order chi connectivity index (χ1) is 22.4. The Hall–Kier alpha value is -3.35. The van der Waals surface area contributed by atoms with Crippen molar-refractivity contribution in [1.82, 2.24) is 29.7 Å². The van der Waals surface area contributed by atoms with Crippen LogP contribution < -0.4 is 4.90 Å². The quantitative estimate of drug-likeness (QED) is 0.316. The molecule has 1 aromatic heterocycles. The Balaban J connectivity index is 1.13. The van der Waals surface area contributed by atoms with E-state index in [2.05, 4.69) is 45.0 Å². The Morgan fingerprint density at radius 3 is 2.40 bits per heavy atom. The first-order valence-corrected chi connectivity index (χ1v) is 17.3. The highest BCUT2D eigenvalue weighted by Crippen LogP contribution is 2.42. The molecule has 3 unspecified atom stereocenters. The van der Waals surface area contributed by atoms with Crippen molar-refractivity contribution in [2.45, 2.75) is 70.6 Å². The number of hydrogen-bond donors (Lipinski definition) is 0. The summed E-state index contributed by atoms with van der Waals surface area (Å²) in [4.78, 5) is 48.2. The van der Waals surface area contributed by atoms with Crippen molar-refractivity contribution in [3.05, 3.63) is 75.2 Å². The molecule has 0 radical (unpaired) electrons. The first-order valence-electron chi connectivity index (χ1n) is 16.2. The van der Waals surface area contributed by atoms with Crippen molar-refractivity contribution >= 4 is 50.9 Å². The molecular formula is C34H40BrClFN7O3. The van der Waals surface area contributed by atoms with E-state index in [1.807, 2.05) is 54.1 Å². The summed E-state index contributed by atoms with van der Waals surface area (Å²) < 4.78 is 17.1. The minimum Gasteiger partial charge on any atom is -0.340 e. The van der Waals surface area contributed by atoms with E-state index < -0.39 is 29.4 Å². The summed E-state index contributed by atoms with van der Waals surface area (Å²) in [6, 6.07) is 11.1. The van der Waals surface area contributed by atoms with Gasteiger partial charge in [-0.2, -0.15) is 0 Å². The lowest BCUT2D eigenvalue weighted by Crippen LogP contribution is -2.55. The molecule has 4 heterocycles. The molecule has 3 amide bonds. The van der Waals surface area contributed by atoms with Crippen LogP contribution in [0.5, 0.6) is 0 Å². The van der Waals surface area contributed by atoms with E-state index in [1.54, 1.807) is 15.6 Å². The van der Waals surface area contributed by atoms with Gasteiger partial charge in [0, 0.05) is 55.3 Å². The Labute approximate surface area is 287 Å². The van der Waals surface area contributed by atoms with Crippen molar-refractivity contribution < 1.29 is 18.8 Å². The van der Waals surface area contributed by atoms with Gasteiger partial charge in [-0.25, -0.2) is 9.07 Å². The number of likely N-dealkylation sites (tertiary alicyclic amines) is 1. The monoisotopic (exact) mass is 727 g/mol. The van der Waals surface area contributed by atoms with Gasteiger partial charge in [-0.05, 0) is 82.5 Å². The molecule has 3 fully saturated rings. The molecule has 2 aromatic carbocycles. The molecule has 250 valence electrons. The summed E-state index contributed by atoms with van der Waals surface area (Å²) in [7, 11) is 0. The largest absolute Gasteiger partial charge is 0.340 e. The zero-order valence-corrected chi connectivity index (χ0v) is 29.4. The number of carbonyl (C=O) groups is 3. The molecule has 47 heavy (non-hydrogen) atoms. The maximum absolute atomic E-state index is 14.5. The summed E-state index contributed by atoms with van der Waals surface area (Å²) >= 11 is 9.41. The van der Waals surface area contributed by atoms with Crippen LogP contribution in [0.15, 0.2) is 53.1 Å². The zero-order valence-electron chi connectivity index (χ0n) is 27.1. The number of rotatable bonds is 7. The van der Waals surface area contributed by atoms with Crippen LogP contribution in [-0.4, -0.2) is 86.2 Å². The molecular weight excluding hydrogens is 689 g/mol. The van der Waals surface area contributed by atoms with Crippen LogP contribution in [0.2, 0.25) is 5.02 Å². The van der Waals surface area contributed by atoms with Gasteiger partial charge in [0.1, 0.15) is 17.6 Å². The maximum atomic E-state index is 14.5. The van der Waals surface area contributed by atoms with Crippen molar-refractivity contribution in [2.24, 2.45) is 5.92 Å². The minimum atomic E-state index is -0.616. The van der Waals surface area contributed by atoms with Crippen LogP contribution in [-0.2, 0) is 19.9 Å². The smallest absolute Gasteiger partial charge is 0.251 e. The average Bonchev–Trinajstić information content (AvgIpc) is 3.68. The third-order valence-electron chi connectivity index (χ3n) is 9.91. The van der Waals surface area contributed by atoms with Gasteiger partial charge in [0.2, 0.25) is 11.8 Å². The molecule has 10 nitrogen and oxygen atoms in total. The number of amides is 3. The normalized spacial score (nSPS) is 22.9. The van der Waals surface area contributed by atoms with Gasteiger partial charge < -0.3 is 14.7 Å². The van der Waals surface area contributed by atoms with Crippen LogP contribution in [0.1, 0.15) is 70.3 Å². The van der Waals surface area contributed by atoms with Gasteiger partial charge in [0.25, 0.3) is 5.91 Å². The van der Waals surface area contributed by atoms with Gasteiger partial charge in [0.15, 0.2) is 0 Å². The van der Waals surface area contributed by atoms with E-state index in [0.29, 0.717) is 44.7 Å². The van der Waals surface area contributed by atoms with Gasteiger partial charge >= 0.3 is 0 Å². The number of hydrogen-bond acceptors (Lipinski definition) is 6. The maximum Gasteiger partial charge on any atom is 0.251 e. The van der Waals surface area contributed by atoms with Crippen LogP contribution in [0.4, 0.5) is 10.1 Å². The fraction of sp³-hybridized carbons (Fsp3) is 0.500. The predicted molar refractivity (Wildman–Crippen MR) is 180 cm³/mol. The summed E-state index contributed by atoms with van der Waals surface area (Å²) in [5, 5.41) is 8.94. The van der Waals surface area contributed by atoms with Gasteiger partial charge in [-0.15, -0.1) is 5.10 Å². The summed E-state index contributed by atoms with van der Waals surface area (Å²) in [5.41, 5.74) is 1.69. The highest BCUT2D eigenvalue weighted by atomic mass is 79.9. The lowest BCUT2D eigenvalue weighted by molar-refractivity contribution is -0.139. The topological polar surface area (TPSA) is 94.9 Å². The Kier molecular flexibility index (Phi) is 9.48. The highest BCUT2D eigenvalue weighted by Gasteiger charge is 2.48. The SMILES string of the molecule is CC(C)N1C(=O)CC(C(=O)N2CCN(C(C)(C)c3cn(C4CCCN(c5ccc(Br)cc5)C4=O)nn3)CC2)C1c1ccc(Cl)c(F)c1. The van der Waals surface area contributed by atoms with E-state index in [-0.39, 0.29) is 35.2 Å². The second kappa shape index (κ2) is 13.3. The van der Waals surface area contributed by atoms with E-state index >= 15 is 0 Å². The summed E-state index contributed by atoms with van der Waals surface area (Å²) in [5.74, 6) is -1.40. The fourth-order valence-corrected chi connectivity index (χ4v) is 7.63. The van der Waals surface area contributed by atoms with E-state index in [1.165, 1.54) is 12.1 Å². The lowest BCUT2D eigenvalue weighted by atomic mass is 9.91. The molecule has 3 saturated heterocycles. The number of aromatic nitrogens is 3. The van der Waals surface area contributed by atoms with Gasteiger partial charge in [-0.1, -0.05) is 38.8 Å². The van der Waals surface area contributed by atoms with Gasteiger partial charge in [0.05, 0.1) is 28.7 Å². The first kappa shape index (κ1) is 33.5. The van der Waals surface area contributed by atoms with Gasteiger partial charge in [-0.3, -0.25) is 19.3 Å². The summed E-state index contributed by atoms with van der Waals surface area (Å²) in [6.45, 7) is 10.8. The molecule has 6 rings (SSSR count). The second-order valence-electron chi connectivity index (χ2n) is 13.4. The Morgan fingerprint density at radius 1 is 1.04 bits per heavy atom. The van der Waals surface area contributed by atoms with E-state index in [4.69, 9.17) is 11.6 Å². The predicted octanol–water partition coefficient (Wildman–Crippen LogP) is 5.58. The molecule has 3 atom stereocenters. The molecule has 0 saturated carbocycles. The molecule has 0 bridgehead atoms. The molecule has 3 aliphatic rings. The standard InChI is InChI=1S/C34H40BrClFN7O3/c1-21(2)44-30(45)19-25(31(44)22-7-12-26(36)27(37)18-22)32(46)40-14-16-41(17-15-40)34(3,4)29-20-43(39-38-29)28-6-5-13-42(33(28)47)24-10-8-23(35)9-11-24/h7-12,18,20-21,25,28,31H,5-6,13-17,19H2,1-4H3. The minimum absolute atomic E-state index is 0.000949. The number of carbonyl (C=O) groups excluding carboxylic acids is 3. The van der Waals surface area contributed by atoms with E-state index in [0.717, 1.165) is 22.3 Å². The zero-order chi connectivity index (χ0) is 33.6. The number of nitrogens with zero attached hydrogens (tertiary/aromatic N) is 7. The van der Waals surface area contributed by atoms with E-state index in [9.17, 15) is 18.8 Å². The second-order valence-corrected chi connectivity index (χ2v) is 14.7. The third kappa shape index (κ3) is 6.44. The van der Waals surface area contributed by atoms with Crippen LogP contribution in [0.25, 0.3) is 0 Å². The van der Waals surface area contributed by atoms with Crippen molar-refractivity contribution in [2.75, 3.05) is 37.6 Å². The van der Waals surface area contributed by atoms with Crippen LogP contribution in [0, 0.1) is 11.7 Å². The number of benzene rings is 2. The highest BCUT2D eigenvalue weighted by molar-refractivity contribution is 9.10. The number of piperazine rings is 1. The molecule has 3 aliphatic heterocycles. The Morgan fingerprint density at radius 2 is 1.74 bits per heavy atom. The fourth-order valence-electron chi connectivity index (χ4n) is 7.25. The number of anilines is 1. The van der Waals surface area contributed by atoms with Crippen LogP contribution in [0.3, 0.4) is 0 Å². The molecule has 0 N–H and O–H groups in total. The van der Waals surface area contributed by atoms with Crippen molar-refractivity contribution in [1.29, 1.82) is 0 Å². The summed E-state index contributed by atoms with van der Waals surface area (Å²) in [6.07, 6.45) is 3.51. The lowest BCUT2D eigenvalue weighted by Gasteiger charge is -2.44. The van der Waals surface area contributed by atoms with Crippen LogP contribution >= 0.6 is 27.5 Å². The van der Waals surface area contributed by atoms with Crippen molar-refractivity contribution in [3.8, 4) is 0 Å². The number of piperidine rings is 1. The molecule has 13 heteroatoms. The third-order valence-corrected chi connectivity index (χ3v) is 10.7. The van der Waals surface area contributed by atoms with Crippen molar-refractivity contribution in [3.63, 3.8) is 0 Å². The molecule has 3 aromatic rings. The average molecular weight is 729 g/mol. The number of halogens is 3. The molecule has 0 aliphatic carbocycles. The Bertz CT molecular complexity index is 1660.